The zero-order valence-corrected chi connectivity index (χ0v) is 24.7. The van der Waals surface area contributed by atoms with Crippen molar-refractivity contribution >= 4 is 36.2 Å². The topological polar surface area (TPSA) is 87.0 Å². The number of hydrogen-bond acceptors (Lipinski definition) is 5. The molecule has 0 unspecified atom stereocenters. The highest BCUT2D eigenvalue weighted by Crippen LogP contribution is 2.39. The molecule has 1 saturated heterocycles. The molecule has 2 atom stereocenters. The van der Waals surface area contributed by atoms with Gasteiger partial charge in [0.05, 0.1) is 24.8 Å². The van der Waals surface area contributed by atoms with Gasteiger partial charge in [0.2, 0.25) is 0 Å². The van der Waals surface area contributed by atoms with Gasteiger partial charge < -0.3 is 14.1 Å². The smallest absolute Gasteiger partial charge is 0.334 e. The van der Waals surface area contributed by atoms with Crippen LogP contribution < -0.4 is 5.69 Å². The van der Waals surface area contributed by atoms with Crippen LogP contribution in [0.1, 0.15) is 46.5 Å². The van der Waals surface area contributed by atoms with E-state index >= 15 is 0 Å². The van der Waals surface area contributed by atoms with Gasteiger partial charge in [0.25, 0.3) is 0 Å². The van der Waals surface area contributed by atoms with E-state index in [2.05, 4.69) is 62.0 Å². The van der Waals surface area contributed by atoms with Crippen LogP contribution >= 0.6 is 0 Å². The first-order valence-electron chi connectivity index (χ1n) is 14.1. The first-order chi connectivity index (χ1) is 18.6. The summed E-state index contributed by atoms with van der Waals surface area (Å²) in [7, 11) is -1.99. The van der Waals surface area contributed by atoms with Crippen LogP contribution in [-0.2, 0) is 15.7 Å². The van der Waals surface area contributed by atoms with Crippen molar-refractivity contribution in [1.29, 1.82) is 0 Å². The SMILES string of the molecule is CC(C)(C)[Si](C)(C)O[C@@H]1COC[C@H]1Cn1c(=O)n(C2=CCCCC2)c2ncc(-c3cnc4[nH]ccc4c3)cc21. The largest absolute Gasteiger partial charge is 0.411 e. The van der Waals surface area contributed by atoms with Gasteiger partial charge in [0.1, 0.15) is 5.65 Å². The quantitative estimate of drug-likeness (QED) is 0.292. The third-order valence-corrected chi connectivity index (χ3v) is 13.4. The van der Waals surface area contributed by atoms with E-state index < -0.39 is 8.32 Å². The number of allylic oxidation sites excluding steroid dienone is 2. The van der Waals surface area contributed by atoms with E-state index in [9.17, 15) is 4.79 Å². The van der Waals surface area contributed by atoms with E-state index in [1.807, 2.05) is 33.8 Å². The van der Waals surface area contributed by atoms with Crippen molar-refractivity contribution in [3.63, 3.8) is 0 Å². The number of aromatic amines is 1. The molecule has 4 aromatic rings. The molecule has 0 aromatic carbocycles. The predicted molar refractivity (Wildman–Crippen MR) is 158 cm³/mol. The fourth-order valence-corrected chi connectivity index (χ4v) is 6.89. The van der Waals surface area contributed by atoms with E-state index in [4.69, 9.17) is 14.1 Å². The second-order valence-corrected chi connectivity index (χ2v) is 17.3. The normalized spacial score (nSPS) is 20.7. The predicted octanol–water partition coefficient (Wildman–Crippen LogP) is 6.19. The summed E-state index contributed by atoms with van der Waals surface area (Å²) < 4.78 is 16.5. The fourth-order valence-electron chi connectivity index (χ4n) is 5.52. The molecule has 1 aliphatic carbocycles. The number of rotatable bonds is 6. The van der Waals surface area contributed by atoms with Gasteiger partial charge in [0, 0.05) is 53.3 Å². The minimum atomic E-state index is -1.99. The molecule has 0 saturated carbocycles. The Morgan fingerprint density at radius 2 is 1.92 bits per heavy atom. The Morgan fingerprint density at radius 3 is 2.69 bits per heavy atom. The number of pyridine rings is 2. The van der Waals surface area contributed by atoms with Crippen molar-refractivity contribution in [2.75, 3.05) is 13.2 Å². The summed E-state index contributed by atoms with van der Waals surface area (Å²) in [6.07, 6.45) is 11.9. The van der Waals surface area contributed by atoms with Gasteiger partial charge in [-0.05, 0) is 62.0 Å². The van der Waals surface area contributed by atoms with Crippen molar-refractivity contribution in [3.8, 4) is 11.1 Å². The molecule has 0 spiro atoms. The molecule has 2 aliphatic rings. The first-order valence-corrected chi connectivity index (χ1v) is 17.0. The molecule has 39 heavy (non-hydrogen) atoms. The molecule has 4 aromatic heterocycles. The number of hydrogen-bond donors (Lipinski definition) is 1. The van der Waals surface area contributed by atoms with Crippen LogP contribution in [0.5, 0.6) is 0 Å². The second kappa shape index (κ2) is 9.87. The summed E-state index contributed by atoms with van der Waals surface area (Å²) >= 11 is 0. The van der Waals surface area contributed by atoms with Crippen LogP contribution in [0.15, 0.2) is 47.7 Å². The third-order valence-electron chi connectivity index (χ3n) is 8.87. The number of fused-ring (bicyclic) bond motifs is 2. The van der Waals surface area contributed by atoms with Crippen LogP contribution in [-0.4, -0.2) is 51.7 Å². The van der Waals surface area contributed by atoms with E-state index in [1.165, 1.54) is 0 Å². The van der Waals surface area contributed by atoms with Gasteiger partial charge in [-0.2, -0.15) is 0 Å². The number of aromatic nitrogens is 5. The molecule has 8 nitrogen and oxygen atoms in total. The Bertz CT molecular complexity index is 1610. The molecule has 1 fully saturated rings. The minimum Gasteiger partial charge on any atom is -0.411 e. The van der Waals surface area contributed by atoms with Crippen LogP contribution in [0.4, 0.5) is 0 Å². The highest BCUT2D eigenvalue weighted by Gasteiger charge is 2.42. The van der Waals surface area contributed by atoms with Gasteiger partial charge in [0.15, 0.2) is 14.0 Å². The van der Waals surface area contributed by atoms with Crippen molar-refractivity contribution in [2.45, 2.75) is 77.2 Å². The second-order valence-electron chi connectivity index (χ2n) is 12.6. The van der Waals surface area contributed by atoms with Crippen LogP contribution in [0.3, 0.4) is 0 Å². The Labute approximate surface area is 230 Å². The lowest BCUT2D eigenvalue weighted by atomic mass is 10.0. The summed E-state index contributed by atoms with van der Waals surface area (Å²) in [6.45, 7) is 13.0. The number of nitrogens with zero attached hydrogens (tertiary/aromatic N) is 4. The standard InChI is InChI=1S/C30H39N5O3Si/c1-30(2,3)39(4,5)38-26-19-37-18-23(26)17-34-25-14-22(21-13-20-11-12-31-27(20)32-15-21)16-33-28(25)35(29(34)36)24-9-7-6-8-10-24/h9,11-16,23,26H,6-8,10,17-19H2,1-5H3,(H,31,32)/t23-,26-/m1/s1. The number of ether oxygens (including phenoxy) is 1. The van der Waals surface area contributed by atoms with Gasteiger partial charge in [-0.3, -0.25) is 4.57 Å². The molecule has 206 valence electrons. The lowest BCUT2D eigenvalue weighted by Crippen LogP contribution is -2.46. The number of imidazole rings is 1. The van der Waals surface area contributed by atoms with Crippen LogP contribution in [0, 0.1) is 5.92 Å². The number of H-pyrrole nitrogens is 1. The molecule has 0 bridgehead atoms. The lowest BCUT2D eigenvalue weighted by molar-refractivity contribution is 0.122. The molecule has 0 amide bonds. The summed E-state index contributed by atoms with van der Waals surface area (Å²) in [5.74, 6) is 0.0951. The summed E-state index contributed by atoms with van der Waals surface area (Å²) in [5.41, 5.74) is 5.36. The van der Waals surface area contributed by atoms with E-state index in [0.717, 1.165) is 59.1 Å². The molecule has 0 radical (unpaired) electrons. The maximum Gasteiger partial charge on any atom is 0.334 e. The van der Waals surface area contributed by atoms with E-state index in [0.29, 0.717) is 25.4 Å². The average Bonchev–Trinajstić information content (AvgIpc) is 3.61. The monoisotopic (exact) mass is 545 g/mol. The van der Waals surface area contributed by atoms with Crippen molar-refractivity contribution in [3.05, 3.63) is 53.3 Å². The molecule has 5 heterocycles. The van der Waals surface area contributed by atoms with Crippen molar-refractivity contribution < 1.29 is 9.16 Å². The minimum absolute atomic E-state index is 0.0265. The third kappa shape index (κ3) is 4.81. The summed E-state index contributed by atoms with van der Waals surface area (Å²) in [4.78, 5) is 26.7. The maximum absolute atomic E-state index is 14.1. The average molecular weight is 546 g/mol. The molecule has 1 aliphatic heterocycles. The maximum atomic E-state index is 14.1. The van der Waals surface area contributed by atoms with Crippen LogP contribution in [0.25, 0.3) is 39.0 Å². The molecule has 6 rings (SSSR count). The van der Waals surface area contributed by atoms with Gasteiger partial charge in [-0.25, -0.2) is 19.3 Å². The van der Waals surface area contributed by atoms with Crippen molar-refractivity contribution in [2.24, 2.45) is 5.92 Å². The molecular weight excluding hydrogens is 506 g/mol. The van der Waals surface area contributed by atoms with Gasteiger partial charge >= 0.3 is 5.69 Å². The van der Waals surface area contributed by atoms with Gasteiger partial charge in [-0.15, -0.1) is 0 Å². The van der Waals surface area contributed by atoms with Crippen LogP contribution in [0.2, 0.25) is 18.1 Å². The van der Waals surface area contributed by atoms with Gasteiger partial charge in [-0.1, -0.05) is 26.8 Å². The van der Waals surface area contributed by atoms with Crippen molar-refractivity contribution in [1.82, 2.24) is 24.1 Å². The zero-order valence-electron chi connectivity index (χ0n) is 23.7. The van der Waals surface area contributed by atoms with E-state index in [-0.39, 0.29) is 22.7 Å². The highest BCUT2D eigenvalue weighted by atomic mass is 28.4. The molecular formula is C30H39N5O3Si. The summed E-state index contributed by atoms with van der Waals surface area (Å²) in [6, 6.07) is 6.22. The molecule has 1 N–H and O–H groups in total. The Hall–Kier alpha value is -3.01. The summed E-state index contributed by atoms with van der Waals surface area (Å²) in [5, 5.41) is 1.15. The Kier molecular flexibility index (Phi) is 6.64. The highest BCUT2D eigenvalue weighted by molar-refractivity contribution is 6.74. The Balaban J connectivity index is 1.42. The van der Waals surface area contributed by atoms with E-state index in [1.54, 1.807) is 0 Å². The lowest BCUT2D eigenvalue weighted by Gasteiger charge is -2.39. The number of nitrogens with one attached hydrogen (secondary N) is 1. The first kappa shape index (κ1) is 26.2. The fraction of sp³-hybridized carbons (Fsp3) is 0.500. The molecule has 9 heteroatoms. The Morgan fingerprint density at radius 1 is 1.13 bits per heavy atom. The zero-order chi connectivity index (χ0) is 27.4.